The van der Waals surface area contributed by atoms with Crippen LogP contribution < -0.4 is 10.3 Å². The zero-order valence-corrected chi connectivity index (χ0v) is 13.3. The summed E-state index contributed by atoms with van der Waals surface area (Å²) in [5.74, 6) is -0.851. The van der Waals surface area contributed by atoms with Crippen molar-refractivity contribution >= 4 is 27.5 Å². The van der Waals surface area contributed by atoms with Crippen molar-refractivity contribution in [2.24, 2.45) is 0 Å². The van der Waals surface area contributed by atoms with E-state index in [9.17, 15) is 26.4 Å². The van der Waals surface area contributed by atoms with E-state index in [2.05, 4.69) is 0 Å². The number of alkyl halides is 3. The fourth-order valence-electron chi connectivity index (χ4n) is 1.72. The van der Waals surface area contributed by atoms with Gasteiger partial charge in [-0.15, -0.1) is 4.83 Å². The van der Waals surface area contributed by atoms with Gasteiger partial charge in [0.1, 0.15) is 0 Å². The van der Waals surface area contributed by atoms with Crippen LogP contribution in [0.3, 0.4) is 0 Å². The normalized spacial score (nSPS) is 12.0. The van der Waals surface area contributed by atoms with Crippen molar-refractivity contribution in [1.29, 1.82) is 0 Å². The van der Waals surface area contributed by atoms with Crippen molar-refractivity contribution in [2.75, 3.05) is 0 Å². The maximum atomic E-state index is 12.6. The minimum Gasteiger partial charge on any atom is -0.273 e. The van der Waals surface area contributed by atoms with Crippen LogP contribution >= 0.6 is 11.6 Å². The van der Waals surface area contributed by atoms with Gasteiger partial charge in [-0.2, -0.15) is 13.2 Å². The molecule has 0 fully saturated rings. The zero-order valence-electron chi connectivity index (χ0n) is 11.8. The molecule has 2 N–H and O–H groups in total. The molecular formula is C14H10ClF3N2O3S. The summed E-state index contributed by atoms with van der Waals surface area (Å²) in [6, 6.07) is 9.00. The molecular weight excluding hydrogens is 369 g/mol. The Morgan fingerprint density at radius 1 is 1.04 bits per heavy atom. The molecule has 2 aromatic rings. The molecule has 128 valence electrons. The Labute approximate surface area is 140 Å². The fourth-order valence-corrected chi connectivity index (χ4v) is 2.83. The van der Waals surface area contributed by atoms with Crippen LogP contribution in [0.1, 0.15) is 15.9 Å². The van der Waals surface area contributed by atoms with E-state index in [0.29, 0.717) is 6.07 Å². The second kappa shape index (κ2) is 6.80. The maximum Gasteiger partial charge on any atom is 0.416 e. The Morgan fingerprint density at radius 2 is 1.71 bits per heavy atom. The van der Waals surface area contributed by atoms with Crippen LogP contribution in [0.25, 0.3) is 0 Å². The van der Waals surface area contributed by atoms with E-state index in [4.69, 9.17) is 11.6 Å². The molecule has 0 saturated carbocycles. The Morgan fingerprint density at radius 3 is 2.33 bits per heavy atom. The third-order valence-electron chi connectivity index (χ3n) is 2.89. The third-order valence-corrected chi connectivity index (χ3v) is 4.46. The molecule has 2 rings (SSSR count). The minimum absolute atomic E-state index is 0.00547. The molecule has 0 aliphatic rings. The highest BCUT2D eigenvalue weighted by Gasteiger charge is 2.31. The predicted molar refractivity (Wildman–Crippen MR) is 80.7 cm³/mol. The highest BCUT2D eigenvalue weighted by Crippen LogP contribution is 2.30. The summed E-state index contributed by atoms with van der Waals surface area (Å²) in [5, 5.41) is 0.0910. The van der Waals surface area contributed by atoms with Gasteiger partial charge in [0.15, 0.2) is 0 Å². The van der Waals surface area contributed by atoms with Crippen LogP contribution in [0.2, 0.25) is 5.02 Å². The summed E-state index contributed by atoms with van der Waals surface area (Å²) in [7, 11) is -4.38. The number of nitrogens with one attached hydrogen (secondary N) is 2. The molecule has 0 aromatic heterocycles. The highest BCUT2D eigenvalue weighted by molar-refractivity contribution is 7.89. The third kappa shape index (κ3) is 4.25. The molecule has 24 heavy (non-hydrogen) atoms. The van der Waals surface area contributed by atoms with E-state index in [0.717, 1.165) is 18.2 Å². The van der Waals surface area contributed by atoms with Gasteiger partial charge in [-0.3, -0.25) is 10.2 Å². The topological polar surface area (TPSA) is 75.3 Å². The molecule has 0 atom stereocenters. The molecule has 2 aromatic carbocycles. The van der Waals surface area contributed by atoms with Crippen molar-refractivity contribution in [1.82, 2.24) is 10.3 Å². The summed E-state index contributed by atoms with van der Waals surface area (Å²) < 4.78 is 61.9. The fraction of sp³-hybridized carbons (Fsp3) is 0.0714. The Kier molecular flexibility index (Phi) is 5.16. The molecule has 0 bridgehead atoms. The van der Waals surface area contributed by atoms with Crippen molar-refractivity contribution in [3.63, 3.8) is 0 Å². The summed E-state index contributed by atoms with van der Waals surface area (Å²) in [4.78, 5) is 13.0. The molecule has 10 heteroatoms. The van der Waals surface area contributed by atoms with Crippen LogP contribution in [0, 0.1) is 0 Å². The Balaban J connectivity index is 2.18. The lowest BCUT2D eigenvalue weighted by Crippen LogP contribution is -2.41. The number of carbonyl (C=O) groups is 1. The van der Waals surface area contributed by atoms with Gasteiger partial charge in [0, 0.05) is 0 Å². The van der Waals surface area contributed by atoms with Crippen LogP contribution in [-0.4, -0.2) is 14.3 Å². The average molecular weight is 379 g/mol. The molecule has 0 aliphatic heterocycles. The van der Waals surface area contributed by atoms with E-state index in [-0.39, 0.29) is 10.6 Å². The summed E-state index contributed by atoms with van der Waals surface area (Å²) >= 11 is 5.79. The summed E-state index contributed by atoms with van der Waals surface area (Å²) in [6.45, 7) is 0. The van der Waals surface area contributed by atoms with Crippen LogP contribution in [0.5, 0.6) is 0 Å². The molecule has 0 heterocycles. The first-order chi connectivity index (χ1) is 11.1. The number of halogens is 4. The number of sulfonamides is 1. The molecule has 0 radical (unpaired) electrons. The largest absolute Gasteiger partial charge is 0.416 e. The van der Waals surface area contributed by atoms with Crippen LogP contribution in [-0.2, 0) is 16.2 Å². The predicted octanol–water partition coefficient (Wildman–Crippen LogP) is 2.98. The SMILES string of the molecule is O=C(NNS(=O)(=O)c1cccc(C(F)(F)F)c1)c1ccccc1Cl. The second-order valence-corrected chi connectivity index (χ2v) is 6.65. The van der Waals surface area contributed by atoms with Gasteiger partial charge in [0.25, 0.3) is 15.9 Å². The van der Waals surface area contributed by atoms with E-state index in [1.807, 2.05) is 5.43 Å². The Bertz CT molecular complexity index is 870. The molecule has 0 unspecified atom stereocenters. The first-order valence-corrected chi connectivity index (χ1v) is 8.21. The van der Waals surface area contributed by atoms with Gasteiger partial charge in [0.05, 0.1) is 21.0 Å². The number of benzene rings is 2. The van der Waals surface area contributed by atoms with Gasteiger partial charge in [-0.05, 0) is 30.3 Å². The first-order valence-electron chi connectivity index (χ1n) is 6.35. The summed E-state index contributed by atoms with van der Waals surface area (Å²) in [5.41, 5.74) is 0.777. The lowest BCUT2D eigenvalue weighted by Gasteiger charge is -2.11. The van der Waals surface area contributed by atoms with Crippen LogP contribution in [0.4, 0.5) is 13.2 Å². The van der Waals surface area contributed by atoms with Gasteiger partial charge < -0.3 is 0 Å². The number of amides is 1. The second-order valence-electron chi connectivity index (χ2n) is 4.57. The Hall–Kier alpha value is -2.10. The van der Waals surface area contributed by atoms with Gasteiger partial charge in [-0.1, -0.05) is 29.8 Å². The summed E-state index contributed by atoms with van der Waals surface area (Å²) in [6.07, 6.45) is -4.69. The van der Waals surface area contributed by atoms with Gasteiger partial charge in [0.2, 0.25) is 0 Å². The quantitative estimate of drug-likeness (QED) is 0.803. The minimum atomic E-state index is -4.69. The average Bonchev–Trinajstić information content (AvgIpc) is 2.52. The smallest absolute Gasteiger partial charge is 0.273 e. The van der Waals surface area contributed by atoms with E-state index < -0.39 is 32.6 Å². The number of rotatable bonds is 4. The molecule has 0 saturated heterocycles. The molecule has 0 aliphatic carbocycles. The molecule has 1 amide bonds. The number of hydrogen-bond donors (Lipinski definition) is 2. The lowest BCUT2D eigenvalue weighted by molar-refractivity contribution is -0.137. The van der Waals surface area contributed by atoms with E-state index >= 15 is 0 Å². The van der Waals surface area contributed by atoms with Crippen molar-refractivity contribution in [3.8, 4) is 0 Å². The monoisotopic (exact) mass is 378 g/mol. The maximum absolute atomic E-state index is 12.6. The first kappa shape index (κ1) is 18.2. The zero-order chi connectivity index (χ0) is 18.0. The van der Waals surface area contributed by atoms with Crippen molar-refractivity contribution < 1.29 is 26.4 Å². The number of hydrogen-bond acceptors (Lipinski definition) is 3. The number of carbonyl (C=O) groups excluding carboxylic acids is 1. The van der Waals surface area contributed by atoms with Crippen molar-refractivity contribution in [2.45, 2.75) is 11.1 Å². The van der Waals surface area contributed by atoms with E-state index in [1.165, 1.54) is 18.2 Å². The highest BCUT2D eigenvalue weighted by atomic mass is 35.5. The standard InChI is InChI=1S/C14H10ClF3N2O3S/c15-12-7-2-1-6-11(12)13(21)19-20-24(22,23)10-5-3-4-9(8-10)14(16,17)18/h1-8,20H,(H,19,21). The number of hydrazine groups is 1. The van der Waals surface area contributed by atoms with Gasteiger partial charge >= 0.3 is 6.18 Å². The van der Waals surface area contributed by atoms with Crippen molar-refractivity contribution in [3.05, 3.63) is 64.7 Å². The lowest BCUT2D eigenvalue weighted by atomic mass is 10.2. The molecule has 0 spiro atoms. The molecule has 5 nitrogen and oxygen atoms in total. The van der Waals surface area contributed by atoms with Crippen LogP contribution in [0.15, 0.2) is 53.4 Å². The van der Waals surface area contributed by atoms with E-state index in [1.54, 1.807) is 10.9 Å². The van der Waals surface area contributed by atoms with Gasteiger partial charge in [-0.25, -0.2) is 8.42 Å².